The number of nitrogens with one attached hydrogen (secondary N) is 1. The average molecular weight is 243 g/mol. The van der Waals surface area contributed by atoms with Crippen LogP contribution in [0.5, 0.6) is 0 Å². The molecule has 3 heteroatoms. The third kappa shape index (κ3) is 2.92. The van der Waals surface area contributed by atoms with Gasteiger partial charge in [0, 0.05) is 19.3 Å². The molecule has 0 aliphatic carbocycles. The zero-order valence-corrected chi connectivity index (χ0v) is 11.4. The highest BCUT2D eigenvalue weighted by molar-refractivity contribution is 5.30. The van der Waals surface area contributed by atoms with Crippen LogP contribution < -0.4 is 5.32 Å². The minimum atomic E-state index is 0.480. The van der Waals surface area contributed by atoms with Gasteiger partial charge in [0.1, 0.15) is 0 Å². The largest absolute Gasteiger partial charge is 0.355 e. The lowest BCUT2D eigenvalue weighted by atomic mass is 10.0. The van der Waals surface area contributed by atoms with Crippen LogP contribution in [0.25, 0.3) is 0 Å². The van der Waals surface area contributed by atoms with Crippen molar-refractivity contribution < 1.29 is 0 Å². The molecule has 2 rings (SSSR count). The molecule has 0 aliphatic rings. The first kappa shape index (κ1) is 12.7. The molecule has 3 nitrogen and oxygen atoms in total. The Morgan fingerprint density at radius 3 is 2.67 bits per heavy atom. The van der Waals surface area contributed by atoms with Gasteiger partial charge in [0.15, 0.2) is 0 Å². The summed E-state index contributed by atoms with van der Waals surface area (Å²) in [6, 6.07) is 10.6. The second-order valence-corrected chi connectivity index (χ2v) is 4.68. The number of hydrogen-bond acceptors (Lipinski definition) is 2. The van der Waals surface area contributed by atoms with Crippen LogP contribution in [-0.2, 0) is 6.54 Å². The molecule has 0 fully saturated rings. The minimum Gasteiger partial charge on any atom is -0.355 e. The summed E-state index contributed by atoms with van der Waals surface area (Å²) in [5.74, 6) is 1.45. The lowest BCUT2D eigenvalue weighted by molar-refractivity contribution is 0.741. The number of nitrogens with zero attached hydrogens (tertiary/aromatic N) is 2. The second kappa shape index (κ2) is 5.71. The van der Waals surface area contributed by atoms with Gasteiger partial charge in [-0.2, -0.15) is 0 Å². The second-order valence-electron chi connectivity index (χ2n) is 4.68. The van der Waals surface area contributed by atoms with E-state index in [0.29, 0.717) is 5.92 Å². The SMILES string of the molecule is CCn1cc(C)nc1NCC(C)c1ccccc1. The third-order valence-electron chi connectivity index (χ3n) is 3.17. The van der Waals surface area contributed by atoms with Crippen LogP contribution in [0.4, 0.5) is 5.95 Å². The topological polar surface area (TPSA) is 29.9 Å². The molecule has 1 unspecified atom stereocenters. The maximum atomic E-state index is 4.50. The van der Waals surface area contributed by atoms with Crippen LogP contribution in [-0.4, -0.2) is 16.1 Å². The summed E-state index contributed by atoms with van der Waals surface area (Å²) in [6.07, 6.45) is 2.08. The van der Waals surface area contributed by atoms with E-state index in [4.69, 9.17) is 0 Å². The molecule has 0 spiro atoms. The lowest BCUT2D eigenvalue weighted by Crippen LogP contribution is -2.13. The zero-order chi connectivity index (χ0) is 13.0. The van der Waals surface area contributed by atoms with Gasteiger partial charge < -0.3 is 9.88 Å². The van der Waals surface area contributed by atoms with E-state index in [1.807, 2.05) is 6.92 Å². The van der Waals surface area contributed by atoms with Gasteiger partial charge in [0.05, 0.1) is 5.69 Å². The number of anilines is 1. The number of aryl methyl sites for hydroxylation is 2. The van der Waals surface area contributed by atoms with Crippen molar-refractivity contribution in [2.45, 2.75) is 33.2 Å². The van der Waals surface area contributed by atoms with Crippen LogP contribution in [0.2, 0.25) is 0 Å². The number of benzene rings is 1. The molecular weight excluding hydrogens is 222 g/mol. The molecule has 2 aromatic rings. The molecule has 1 atom stereocenters. The predicted molar refractivity (Wildman–Crippen MR) is 76.0 cm³/mol. The van der Waals surface area contributed by atoms with E-state index in [1.54, 1.807) is 0 Å². The molecule has 1 aromatic heterocycles. The number of hydrogen-bond donors (Lipinski definition) is 1. The van der Waals surface area contributed by atoms with Crippen molar-refractivity contribution in [1.29, 1.82) is 0 Å². The fourth-order valence-electron chi connectivity index (χ4n) is 2.07. The van der Waals surface area contributed by atoms with E-state index in [2.05, 4.69) is 65.2 Å². The van der Waals surface area contributed by atoms with Gasteiger partial charge in [-0.3, -0.25) is 0 Å². The molecule has 96 valence electrons. The summed E-state index contributed by atoms with van der Waals surface area (Å²) in [5, 5.41) is 3.44. The molecular formula is C15H21N3. The maximum Gasteiger partial charge on any atom is 0.203 e. The Bertz CT molecular complexity index is 488. The standard InChI is InChI=1S/C15H21N3/c1-4-18-11-13(3)17-15(18)16-10-12(2)14-8-6-5-7-9-14/h5-9,11-12H,4,10H2,1-3H3,(H,16,17). The molecule has 18 heavy (non-hydrogen) atoms. The van der Waals surface area contributed by atoms with Crippen LogP contribution in [0, 0.1) is 6.92 Å². The van der Waals surface area contributed by atoms with Crippen molar-refractivity contribution in [1.82, 2.24) is 9.55 Å². The molecule has 0 aliphatic heterocycles. The molecule has 1 aromatic carbocycles. The van der Waals surface area contributed by atoms with Gasteiger partial charge in [-0.1, -0.05) is 37.3 Å². The number of aromatic nitrogens is 2. The summed E-state index contributed by atoms with van der Waals surface area (Å²) in [4.78, 5) is 4.50. The van der Waals surface area contributed by atoms with Gasteiger partial charge in [-0.15, -0.1) is 0 Å². The van der Waals surface area contributed by atoms with E-state index < -0.39 is 0 Å². The summed E-state index contributed by atoms with van der Waals surface area (Å²) in [6.45, 7) is 8.24. The van der Waals surface area contributed by atoms with Gasteiger partial charge in [-0.05, 0) is 25.3 Å². The summed E-state index contributed by atoms with van der Waals surface area (Å²) in [5.41, 5.74) is 2.42. The molecule has 0 saturated carbocycles. The minimum absolute atomic E-state index is 0.480. The van der Waals surface area contributed by atoms with Crippen molar-refractivity contribution in [3.8, 4) is 0 Å². The highest BCUT2D eigenvalue weighted by Crippen LogP contribution is 2.16. The Labute approximate surface area is 109 Å². The summed E-state index contributed by atoms with van der Waals surface area (Å²) in [7, 11) is 0. The van der Waals surface area contributed by atoms with Crippen LogP contribution in [0.1, 0.15) is 31.0 Å². The fraction of sp³-hybridized carbons (Fsp3) is 0.400. The number of imidazole rings is 1. The summed E-state index contributed by atoms with van der Waals surface area (Å²) >= 11 is 0. The third-order valence-corrected chi connectivity index (χ3v) is 3.17. The van der Waals surface area contributed by atoms with Gasteiger partial charge in [-0.25, -0.2) is 4.98 Å². The molecule has 0 saturated heterocycles. The molecule has 1 N–H and O–H groups in total. The fourth-order valence-corrected chi connectivity index (χ4v) is 2.07. The van der Waals surface area contributed by atoms with Gasteiger partial charge in [0.25, 0.3) is 0 Å². The van der Waals surface area contributed by atoms with E-state index in [-0.39, 0.29) is 0 Å². The highest BCUT2D eigenvalue weighted by Gasteiger charge is 2.07. The van der Waals surface area contributed by atoms with Gasteiger partial charge >= 0.3 is 0 Å². The molecule has 1 heterocycles. The Hall–Kier alpha value is -1.77. The van der Waals surface area contributed by atoms with Crippen LogP contribution in [0.15, 0.2) is 36.5 Å². The van der Waals surface area contributed by atoms with Crippen molar-refractivity contribution in [2.24, 2.45) is 0 Å². The smallest absolute Gasteiger partial charge is 0.203 e. The van der Waals surface area contributed by atoms with E-state index in [9.17, 15) is 0 Å². The molecule has 0 bridgehead atoms. The highest BCUT2D eigenvalue weighted by atomic mass is 15.2. The van der Waals surface area contributed by atoms with E-state index in [0.717, 1.165) is 24.7 Å². The van der Waals surface area contributed by atoms with Crippen LogP contribution >= 0.6 is 0 Å². The lowest BCUT2D eigenvalue weighted by Gasteiger charge is -2.14. The zero-order valence-electron chi connectivity index (χ0n) is 11.4. The van der Waals surface area contributed by atoms with Crippen molar-refractivity contribution in [3.63, 3.8) is 0 Å². The average Bonchev–Trinajstić information content (AvgIpc) is 2.77. The van der Waals surface area contributed by atoms with Crippen LogP contribution in [0.3, 0.4) is 0 Å². The molecule has 0 amide bonds. The normalized spacial score (nSPS) is 12.4. The maximum absolute atomic E-state index is 4.50. The predicted octanol–water partition coefficient (Wildman–Crippen LogP) is 3.43. The summed E-state index contributed by atoms with van der Waals surface area (Å²) < 4.78 is 2.15. The first-order valence-corrected chi connectivity index (χ1v) is 6.53. The Balaban J connectivity index is 1.99. The van der Waals surface area contributed by atoms with Crippen molar-refractivity contribution in [3.05, 3.63) is 47.8 Å². The Kier molecular flexibility index (Phi) is 4.03. The quantitative estimate of drug-likeness (QED) is 0.872. The van der Waals surface area contributed by atoms with Gasteiger partial charge in [0.2, 0.25) is 5.95 Å². The van der Waals surface area contributed by atoms with E-state index >= 15 is 0 Å². The molecule has 0 radical (unpaired) electrons. The van der Waals surface area contributed by atoms with Crippen molar-refractivity contribution >= 4 is 5.95 Å². The first-order chi connectivity index (χ1) is 8.70. The number of rotatable bonds is 5. The Morgan fingerprint density at radius 2 is 2.00 bits per heavy atom. The monoisotopic (exact) mass is 243 g/mol. The first-order valence-electron chi connectivity index (χ1n) is 6.53. The Morgan fingerprint density at radius 1 is 1.28 bits per heavy atom. The van der Waals surface area contributed by atoms with Crippen molar-refractivity contribution in [2.75, 3.05) is 11.9 Å². The van der Waals surface area contributed by atoms with E-state index in [1.165, 1.54) is 5.56 Å².